The molecule has 0 bridgehead atoms. The van der Waals surface area contributed by atoms with Crippen molar-refractivity contribution in [1.29, 1.82) is 0 Å². The van der Waals surface area contributed by atoms with E-state index in [-0.39, 0.29) is 5.91 Å². The topological polar surface area (TPSA) is 90.5 Å². The number of imidazole rings is 1. The third-order valence-electron chi connectivity index (χ3n) is 3.77. The fraction of sp³-hybridized carbons (Fsp3) is 0.0556. The third kappa shape index (κ3) is 3.48. The Bertz CT molecular complexity index is 992. The van der Waals surface area contributed by atoms with Gasteiger partial charge in [0, 0.05) is 43.0 Å². The van der Waals surface area contributed by atoms with Gasteiger partial charge in [0.2, 0.25) is 0 Å². The molecule has 0 aliphatic rings. The van der Waals surface area contributed by atoms with E-state index in [4.69, 9.17) is 0 Å². The fourth-order valence-electron chi connectivity index (χ4n) is 2.49. The standard InChI is InChI=1S/C18H15N7O/c26-18(15-4-2-14(3-5-15)11-24-9-7-19-13-24)23-16-10-17(21-12-20-16)25-8-1-6-22-25/h1-10,12-13H,11H2,(H,20,21,23,26). The Balaban J connectivity index is 1.45. The summed E-state index contributed by atoms with van der Waals surface area (Å²) < 4.78 is 3.56. The van der Waals surface area contributed by atoms with Crippen molar-refractivity contribution in [2.75, 3.05) is 5.32 Å². The van der Waals surface area contributed by atoms with Crippen molar-refractivity contribution in [2.24, 2.45) is 0 Å². The number of benzene rings is 1. The molecule has 0 radical (unpaired) electrons. The van der Waals surface area contributed by atoms with E-state index < -0.39 is 0 Å². The number of carbonyl (C=O) groups excluding carboxylic acids is 1. The first-order valence-corrected chi connectivity index (χ1v) is 7.96. The molecule has 0 atom stereocenters. The Labute approximate surface area is 149 Å². The highest BCUT2D eigenvalue weighted by Crippen LogP contribution is 2.11. The summed E-state index contributed by atoms with van der Waals surface area (Å²) in [5.74, 6) is 0.762. The molecule has 3 aromatic heterocycles. The van der Waals surface area contributed by atoms with Gasteiger partial charge in [-0.3, -0.25) is 4.79 Å². The molecule has 0 fully saturated rings. The second-order valence-electron chi connectivity index (χ2n) is 5.60. The lowest BCUT2D eigenvalue weighted by atomic mass is 10.1. The first-order valence-electron chi connectivity index (χ1n) is 7.96. The smallest absolute Gasteiger partial charge is 0.256 e. The highest BCUT2D eigenvalue weighted by atomic mass is 16.1. The van der Waals surface area contributed by atoms with Crippen molar-refractivity contribution in [3.63, 3.8) is 0 Å². The van der Waals surface area contributed by atoms with Gasteiger partial charge >= 0.3 is 0 Å². The van der Waals surface area contributed by atoms with E-state index in [1.54, 1.807) is 53.9 Å². The van der Waals surface area contributed by atoms with Crippen LogP contribution in [0.1, 0.15) is 15.9 Å². The van der Waals surface area contributed by atoms with Gasteiger partial charge in [0.05, 0.1) is 6.33 Å². The van der Waals surface area contributed by atoms with E-state index >= 15 is 0 Å². The Morgan fingerprint density at radius 2 is 1.96 bits per heavy atom. The van der Waals surface area contributed by atoms with Gasteiger partial charge in [0.25, 0.3) is 5.91 Å². The maximum atomic E-state index is 12.4. The molecule has 4 aromatic rings. The van der Waals surface area contributed by atoms with Crippen LogP contribution in [-0.4, -0.2) is 35.2 Å². The first kappa shape index (κ1) is 15.7. The maximum absolute atomic E-state index is 12.4. The van der Waals surface area contributed by atoms with Gasteiger partial charge in [-0.1, -0.05) is 12.1 Å². The molecule has 128 valence electrons. The summed E-state index contributed by atoms with van der Waals surface area (Å²) in [6.07, 6.45) is 10.2. The number of amides is 1. The lowest BCUT2D eigenvalue weighted by Crippen LogP contribution is -2.14. The van der Waals surface area contributed by atoms with Crippen LogP contribution in [0.2, 0.25) is 0 Å². The van der Waals surface area contributed by atoms with Gasteiger partial charge in [-0.15, -0.1) is 0 Å². The lowest BCUT2D eigenvalue weighted by Gasteiger charge is -2.07. The van der Waals surface area contributed by atoms with E-state index in [9.17, 15) is 4.79 Å². The SMILES string of the molecule is O=C(Nc1cc(-n2cccn2)ncn1)c1ccc(Cn2ccnc2)cc1. The van der Waals surface area contributed by atoms with Crippen LogP contribution in [0.3, 0.4) is 0 Å². The maximum Gasteiger partial charge on any atom is 0.256 e. The van der Waals surface area contributed by atoms with Crippen LogP contribution >= 0.6 is 0 Å². The molecule has 0 saturated heterocycles. The summed E-state index contributed by atoms with van der Waals surface area (Å²) in [7, 11) is 0. The number of aromatic nitrogens is 6. The normalized spacial score (nSPS) is 10.6. The zero-order valence-electron chi connectivity index (χ0n) is 13.7. The van der Waals surface area contributed by atoms with E-state index in [0.717, 1.165) is 5.56 Å². The number of hydrogen-bond acceptors (Lipinski definition) is 5. The van der Waals surface area contributed by atoms with E-state index in [2.05, 4.69) is 25.4 Å². The fourth-order valence-corrected chi connectivity index (χ4v) is 2.49. The summed E-state index contributed by atoms with van der Waals surface area (Å²) in [4.78, 5) is 24.7. The molecule has 3 heterocycles. The molecule has 0 aliphatic carbocycles. The first-order chi connectivity index (χ1) is 12.8. The summed E-state index contributed by atoms with van der Waals surface area (Å²) in [5.41, 5.74) is 1.64. The van der Waals surface area contributed by atoms with Crippen molar-refractivity contribution in [1.82, 2.24) is 29.3 Å². The number of rotatable bonds is 5. The molecule has 8 nitrogen and oxygen atoms in total. The summed E-state index contributed by atoms with van der Waals surface area (Å²) >= 11 is 0. The minimum Gasteiger partial charge on any atom is -0.333 e. The van der Waals surface area contributed by atoms with Crippen molar-refractivity contribution in [3.05, 3.63) is 85.0 Å². The zero-order valence-corrected chi connectivity index (χ0v) is 13.7. The van der Waals surface area contributed by atoms with Crippen LogP contribution in [0.25, 0.3) is 5.82 Å². The average molecular weight is 345 g/mol. The number of nitrogens with one attached hydrogen (secondary N) is 1. The Kier molecular flexibility index (Phi) is 4.21. The highest BCUT2D eigenvalue weighted by Gasteiger charge is 2.08. The summed E-state index contributed by atoms with van der Waals surface area (Å²) in [6.45, 7) is 0.709. The van der Waals surface area contributed by atoms with Crippen LogP contribution in [0, 0.1) is 0 Å². The molecule has 4 rings (SSSR count). The third-order valence-corrected chi connectivity index (χ3v) is 3.77. The number of anilines is 1. The number of hydrogen-bond donors (Lipinski definition) is 1. The van der Waals surface area contributed by atoms with E-state index in [1.165, 1.54) is 6.33 Å². The van der Waals surface area contributed by atoms with Crippen molar-refractivity contribution < 1.29 is 4.79 Å². The van der Waals surface area contributed by atoms with Crippen molar-refractivity contribution in [3.8, 4) is 5.82 Å². The molecule has 0 unspecified atom stereocenters. The second-order valence-corrected chi connectivity index (χ2v) is 5.60. The average Bonchev–Trinajstić information content (AvgIpc) is 3.37. The highest BCUT2D eigenvalue weighted by molar-refractivity contribution is 6.03. The number of nitrogens with zero attached hydrogens (tertiary/aromatic N) is 6. The molecule has 0 spiro atoms. The Morgan fingerprint density at radius 1 is 1.08 bits per heavy atom. The minimum absolute atomic E-state index is 0.232. The van der Waals surface area contributed by atoms with Crippen LogP contribution in [0.15, 0.2) is 73.8 Å². The predicted octanol–water partition coefficient (Wildman–Crippen LogP) is 2.16. The van der Waals surface area contributed by atoms with Gasteiger partial charge in [0.1, 0.15) is 12.1 Å². The van der Waals surface area contributed by atoms with Crippen molar-refractivity contribution >= 4 is 11.7 Å². The molecule has 1 amide bonds. The van der Waals surface area contributed by atoms with Crippen LogP contribution < -0.4 is 5.32 Å². The molecule has 26 heavy (non-hydrogen) atoms. The quantitative estimate of drug-likeness (QED) is 0.598. The van der Waals surface area contributed by atoms with Crippen LogP contribution in [0.5, 0.6) is 0 Å². The van der Waals surface area contributed by atoms with Gasteiger partial charge in [0.15, 0.2) is 5.82 Å². The van der Waals surface area contributed by atoms with E-state index in [1.807, 2.05) is 22.9 Å². The van der Waals surface area contributed by atoms with Crippen LogP contribution in [-0.2, 0) is 6.54 Å². The lowest BCUT2D eigenvalue weighted by molar-refractivity contribution is 0.102. The number of carbonyl (C=O) groups is 1. The monoisotopic (exact) mass is 345 g/mol. The molecular formula is C18H15N7O. The molecule has 1 aromatic carbocycles. The molecular weight excluding hydrogens is 330 g/mol. The van der Waals surface area contributed by atoms with Gasteiger partial charge in [-0.2, -0.15) is 5.10 Å². The largest absolute Gasteiger partial charge is 0.333 e. The van der Waals surface area contributed by atoms with Crippen LogP contribution in [0.4, 0.5) is 5.82 Å². The van der Waals surface area contributed by atoms with Crippen molar-refractivity contribution in [2.45, 2.75) is 6.54 Å². The van der Waals surface area contributed by atoms with Gasteiger partial charge < -0.3 is 9.88 Å². The van der Waals surface area contributed by atoms with Gasteiger partial charge in [-0.25, -0.2) is 19.6 Å². The van der Waals surface area contributed by atoms with E-state index in [0.29, 0.717) is 23.7 Å². The zero-order chi connectivity index (χ0) is 17.8. The Hall–Kier alpha value is -3.81. The Morgan fingerprint density at radius 3 is 2.69 bits per heavy atom. The molecule has 0 saturated carbocycles. The second kappa shape index (κ2) is 6.98. The predicted molar refractivity (Wildman–Crippen MR) is 94.9 cm³/mol. The minimum atomic E-state index is -0.232. The summed E-state index contributed by atoms with van der Waals surface area (Å²) in [5, 5.41) is 6.89. The molecule has 0 aliphatic heterocycles. The summed E-state index contributed by atoms with van der Waals surface area (Å²) in [6, 6.07) is 10.9. The molecule has 8 heteroatoms. The van der Waals surface area contributed by atoms with Gasteiger partial charge in [-0.05, 0) is 23.8 Å². The molecule has 1 N–H and O–H groups in total.